The summed E-state index contributed by atoms with van der Waals surface area (Å²) in [6.45, 7) is 1.78. The highest BCUT2D eigenvalue weighted by molar-refractivity contribution is 5.92. The molecule has 0 aliphatic rings. The largest absolute Gasteiger partial charge is 0.497 e. The van der Waals surface area contributed by atoms with Gasteiger partial charge in [-0.2, -0.15) is 0 Å². The van der Waals surface area contributed by atoms with Crippen LogP contribution in [-0.2, 0) is 16.0 Å². The van der Waals surface area contributed by atoms with E-state index < -0.39 is 11.6 Å². The van der Waals surface area contributed by atoms with Crippen molar-refractivity contribution in [3.63, 3.8) is 0 Å². The summed E-state index contributed by atoms with van der Waals surface area (Å²) in [4.78, 5) is 35.9. The lowest BCUT2D eigenvalue weighted by Crippen LogP contribution is -2.11. The first-order valence-corrected chi connectivity index (χ1v) is 8.91. The van der Waals surface area contributed by atoms with E-state index in [4.69, 9.17) is 18.6 Å². The molecule has 0 fully saturated rings. The van der Waals surface area contributed by atoms with Crippen molar-refractivity contribution in [3.05, 3.63) is 69.6 Å². The zero-order valence-electron chi connectivity index (χ0n) is 16.3. The standard InChI is InChI=1S/C22H20O7/c1-13-9-21(24)28-19-12-18(14(11-17(13)19)7-8-20(23)27-3)29-22(25)15-5-4-6-16(10-15)26-2/h4-6,9-12H,7-8H2,1-3H3. The molecule has 0 radical (unpaired) electrons. The average Bonchev–Trinajstić information content (AvgIpc) is 2.72. The van der Waals surface area contributed by atoms with Crippen LogP contribution in [-0.4, -0.2) is 26.2 Å². The number of benzene rings is 2. The van der Waals surface area contributed by atoms with Crippen molar-refractivity contribution in [3.8, 4) is 11.5 Å². The van der Waals surface area contributed by atoms with Crippen molar-refractivity contribution < 1.29 is 28.2 Å². The number of hydrogen-bond donors (Lipinski definition) is 0. The molecule has 1 aromatic heterocycles. The van der Waals surface area contributed by atoms with Crippen molar-refractivity contribution in [2.75, 3.05) is 14.2 Å². The normalized spacial score (nSPS) is 10.6. The fourth-order valence-corrected chi connectivity index (χ4v) is 2.93. The number of carbonyl (C=O) groups excluding carboxylic acids is 2. The number of rotatable bonds is 6. The number of hydrogen-bond acceptors (Lipinski definition) is 7. The first-order valence-electron chi connectivity index (χ1n) is 8.91. The van der Waals surface area contributed by atoms with Gasteiger partial charge < -0.3 is 18.6 Å². The molecule has 0 unspecified atom stereocenters. The summed E-state index contributed by atoms with van der Waals surface area (Å²) < 4.78 is 20.7. The average molecular weight is 396 g/mol. The highest BCUT2D eigenvalue weighted by Crippen LogP contribution is 2.29. The van der Waals surface area contributed by atoms with E-state index in [2.05, 4.69) is 0 Å². The van der Waals surface area contributed by atoms with Gasteiger partial charge in [0.1, 0.15) is 17.1 Å². The van der Waals surface area contributed by atoms with E-state index in [-0.39, 0.29) is 18.1 Å². The Balaban J connectivity index is 2.01. The van der Waals surface area contributed by atoms with Gasteiger partial charge in [0.2, 0.25) is 0 Å². The van der Waals surface area contributed by atoms with Gasteiger partial charge in [-0.05, 0) is 48.7 Å². The summed E-state index contributed by atoms with van der Waals surface area (Å²) in [5.74, 6) is -0.252. The Bertz CT molecular complexity index is 1130. The van der Waals surface area contributed by atoms with Crippen LogP contribution in [0.4, 0.5) is 0 Å². The molecule has 0 aliphatic carbocycles. The Kier molecular flexibility index (Phi) is 5.97. The Labute approximate surface area is 166 Å². The van der Waals surface area contributed by atoms with Gasteiger partial charge in [-0.15, -0.1) is 0 Å². The molecule has 0 aliphatic heterocycles. The Morgan fingerprint density at radius 3 is 2.59 bits per heavy atom. The fourth-order valence-electron chi connectivity index (χ4n) is 2.93. The molecular weight excluding hydrogens is 376 g/mol. The van der Waals surface area contributed by atoms with Crippen molar-refractivity contribution in [1.82, 2.24) is 0 Å². The van der Waals surface area contributed by atoms with Crippen LogP contribution in [0, 0.1) is 6.92 Å². The predicted octanol–water partition coefficient (Wildman–Crippen LogP) is 3.43. The molecule has 0 spiro atoms. The lowest BCUT2D eigenvalue weighted by atomic mass is 10.0. The number of carbonyl (C=O) groups is 2. The quantitative estimate of drug-likeness (QED) is 0.358. The first kappa shape index (κ1) is 20.1. The smallest absolute Gasteiger partial charge is 0.343 e. The van der Waals surface area contributed by atoms with Crippen LogP contribution in [0.25, 0.3) is 11.0 Å². The summed E-state index contributed by atoms with van der Waals surface area (Å²) >= 11 is 0. The van der Waals surface area contributed by atoms with Crippen molar-refractivity contribution in [2.24, 2.45) is 0 Å². The molecule has 0 saturated heterocycles. The molecule has 1 heterocycles. The molecule has 0 amide bonds. The second-order valence-corrected chi connectivity index (χ2v) is 6.40. The maximum atomic E-state index is 12.6. The summed E-state index contributed by atoms with van der Waals surface area (Å²) in [5.41, 5.74) is 1.44. The van der Waals surface area contributed by atoms with E-state index in [1.807, 2.05) is 0 Å². The number of aryl methyl sites for hydroxylation is 2. The minimum Gasteiger partial charge on any atom is -0.497 e. The van der Waals surface area contributed by atoms with E-state index in [0.717, 1.165) is 5.56 Å². The summed E-state index contributed by atoms with van der Waals surface area (Å²) in [6.07, 6.45) is 0.406. The summed E-state index contributed by atoms with van der Waals surface area (Å²) in [6, 6.07) is 11.2. The molecule has 3 aromatic rings. The topological polar surface area (TPSA) is 92.0 Å². The van der Waals surface area contributed by atoms with Crippen molar-refractivity contribution >= 4 is 22.9 Å². The highest BCUT2D eigenvalue weighted by Gasteiger charge is 2.17. The Morgan fingerprint density at radius 1 is 1.07 bits per heavy atom. The number of methoxy groups -OCH3 is 2. The van der Waals surface area contributed by atoms with Gasteiger partial charge in [-0.1, -0.05) is 6.07 Å². The molecule has 0 saturated carbocycles. The van der Waals surface area contributed by atoms with E-state index in [1.54, 1.807) is 37.3 Å². The van der Waals surface area contributed by atoms with E-state index in [9.17, 15) is 14.4 Å². The molecule has 7 nitrogen and oxygen atoms in total. The Hall–Kier alpha value is -3.61. The molecule has 7 heteroatoms. The van der Waals surface area contributed by atoms with Gasteiger partial charge in [0.25, 0.3) is 0 Å². The second-order valence-electron chi connectivity index (χ2n) is 6.40. The number of ether oxygens (including phenoxy) is 3. The van der Waals surface area contributed by atoms with Gasteiger partial charge in [-0.25, -0.2) is 9.59 Å². The van der Waals surface area contributed by atoms with Gasteiger partial charge in [0.05, 0.1) is 19.8 Å². The van der Waals surface area contributed by atoms with Crippen LogP contribution in [0.1, 0.15) is 27.9 Å². The minimum absolute atomic E-state index is 0.113. The molecule has 0 bridgehead atoms. The zero-order valence-corrected chi connectivity index (χ0v) is 16.3. The van der Waals surface area contributed by atoms with Crippen LogP contribution in [0.3, 0.4) is 0 Å². The monoisotopic (exact) mass is 396 g/mol. The third kappa shape index (κ3) is 4.63. The predicted molar refractivity (Wildman–Crippen MR) is 106 cm³/mol. The van der Waals surface area contributed by atoms with Crippen LogP contribution >= 0.6 is 0 Å². The summed E-state index contributed by atoms with van der Waals surface area (Å²) in [5, 5.41) is 0.700. The zero-order chi connectivity index (χ0) is 21.0. The number of esters is 2. The van der Waals surface area contributed by atoms with Crippen molar-refractivity contribution in [2.45, 2.75) is 19.8 Å². The molecule has 29 heavy (non-hydrogen) atoms. The third-order valence-corrected chi connectivity index (χ3v) is 4.47. The maximum Gasteiger partial charge on any atom is 0.343 e. The van der Waals surface area contributed by atoms with Crippen LogP contribution in [0.2, 0.25) is 0 Å². The molecule has 0 atom stereocenters. The fraction of sp³-hybridized carbons (Fsp3) is 0.227. The highest BCUT2D eigenvalue weighted by atomic mass is 16.5. The van der Waals surface area contributed by atoms with Crippen LogP contribution in [0.5, 0.6) is 11.5 Å². The molecule has 150 valence electrons. The SMILES string of the molecule is COC(=O)CCc1cc2c(C)cc(=O)oc2cc1OC(=O)c1cccc(OC)c1. The van der Waals surface area contributed by atoms with Gasteiger partial charge in [-0.3, -0.25) is 4.79 Å². The second kappa shape index (κ2) is 8.60. The van der Waals surface area contributed by atoms with Crippen LogP contribution in [0.15, 0.2) is 51.7 Å². The maximum absolute atomic E-state index is 12.6. The van der Waals surface area contributed by atoms with Gasteiger partial charge in [0, 0.05) is 23.9 Å². The van der Waals surface area contributed by atoms with E-state index in [1.165, 1.54) is 26.4 Å². The van der Waals surface area contributed by atoms with Gasteiger partial charge in [0.15, 0.2) is 0 Å². The Morgan fingerprint density at radius 2 is 1.86 bits per heavy atom. The molecular formula is C22H20O7. The lowest BCUT2D eigenvalue weighted by molar-refractivity contribution is -0.140. The lowest BCUT2D eigenvalue weighted by Gasteiger charge is -2.12. The summed E-state index contributed by atoms with van der Waals surface area (Å²) in [7, 11) is 2.81. The van der Waals surface area contributed by atoms with Gasteiger partial charge >= 0.3 is 17.6 Å². The third-order valence-electron chi connectivity index (χ3n) is 4.47. The van der Waals surface area contributed by atoms with E-state index >= 15 is 0 Å². The molecule has 2 aromatic carbocycles. The molecule has 0 N–H and O–H groups in total. The first-order chi connectivity index (χ1) is 13.9. The van der Waals surface area contributed by atoms with Crippen LogP contribution < -0.4 is 15.1 Å². The number of fused-ring (bicyclic) bond motifs is 1. The minimum atomic E-state index is -0.599. The molecule has 3 rings (SSSR count). The van der Waals surface area contributed by atoms with E-state index in [0.29, 0.717) is 34.3 Å². The van der Waals surface area contributed by atoms with Crippen molar-refractivity contribution in [1.29, 1.82) is 0 Å².